The predicted molar refractivity (Wildman–Crippen MR) is 69.1 cm³/mol. The van der Waals surface area contributed by atoms with Crippen LogP contribution in [0.2, 0.25) is 0 Å². The van der Waals surface area contributed by atoms with Gasteiger partial charge in [-0.3, -0.25) is 9.59 Å². The van der Waals surface area contributed by atoms with Crippen molar-refractivity contribution in [1.29, 1.82) is 0 Å². The van der Waals surface area contributed by atoms with Crippen LogP contribution < -0.4 is 0 Å². The van der Waals surface area contributed by atoms with E-state index in [0.717, 1.165) is 19.4 Å². The van der Waals surface area contributed by atoms with E-state index in [1.165, 1.54) is 6.92 Å². The molecule has 0 bridgehead atoms. The Morgan fingerprint density at radius 3 is 2.61 bits per heavy atom. The lowest BCUT2D eigenvalue weighted by atomic mass is 9.92. The molecule has 0 aliphatic carbocycles. The van der Waals surface area contributed by atoms with Crippen LogP contribution in [0.3, 0.4) is 0 Å². The van der Waals surface area contributed by atoms with Gasteiger partial charge in [0.25, 0.3) is 0 Å². The van der Waals surface area contributed by atoms with Gasteiger partial charge in [-0.25, -0.2) is 0 Å². The molecule has 0 spiro atoms. The highest BCUT2D eigenvalue weighted by Gasteiger charge is 2.30. The van der Waals surface area contributed by atoms with Crippen molar-refractivity contribution in [3.8, 4) is 0 Å². The molecule has 5 heteroatoms. The fourth-order valence-corrected chi connectivity index (χ4v) is 2.31. The van der Waals surface area contributed by atoms with Gasteiger partial charge in [0.15, 0.2) is 0 Å². The fourth-order valence-electron chi connectivity index (χ4n) is 2.31. The second-order valence-corrected chi connectivity index (χ2v) is 5.41. The van der Waals surface area contributed by atoms with Gasteiger partial charge in [-0.1, -0.05) is 6.92 Å². The number of esters is 1. The maximum absolute atomic E-state index is 12.1. The van der Waals surface area contributed by atoms with E-state index in [2.05, 4.69) is 6.92 Å². The van der Waals surface area contributed by atoms with Crippen LogP contribution in [-0.2, 0) is 14.3 Å². The average molecular weight is 256 g/mol. The Balaban J connectivity index is 2.60. The molecule has 0 aromatic heterocycles. The molecule has 1 saturated heterocycles. The van der Waals surface area contributed by atoms with Crippen LogP contribution in [0.5, 0.6) is 0 Å². The summed E-state index contributed by atoms with van der Waals surface area (Å²) in [6.07, 6.45) is 1.93. The van der Waals surface area contributed by atoms with E-state index in [0.29, 0.717) is 19.1 Å². The van der Waals surface area contributed by atoms with Crippen molar-refractivity contribution in [1.82, 2.24) is 9.80 Å². The Morgan fingerprint density at radius 2 is 2.06 bits per heavy atom. The molecule has 1 rings (SSSR count). The highest BCUT2D eigenvalue weighted by Crippen LogP contribution is 2.23. The smallest absolute Gasteiger partial charge is 0.302 e. The summed E-state index contributed by atoms with van der Waals surface area (Å²) in [7, 11) is 3.76. The Morgan fingerprint density at radius 1 is 1.39 bits per heavy atom. The topological polar surface area (TPSA) is 49.9 Å². The molecular formula is C13H24N2O3. The minimum atomic E-state index is -0.284. The molecule has 104 valence electrons. The lowest BCUT2D eigenvalue weighted by Crippen LogP contribution is -2.50. The number of ether oxygens (including phenoxy) is 1. The molecule has 2 atom stereocenters. The Labute approximate surface area is 109 Å². The first kappa shape index (κ1) is 15.0. The standard InChI is InChI=1S/C13H24N2O3/c1-10-5-6-15(13(17)8-14(3)4)12(7-10)9-18-11(2)16/h10,12H,5-9H2,1-4H3. The fraction of sp³-hybridized carbons (Fsp3) is 0.846. The van der Waals surface area contributed by atoms with Gasteiger partial charge in [0.05, 0.1) is 12.6 Å². The largest absolute Gasteiger partial charge is 0.464 e. The lowest BCUT2D eigenvalue weighted by Gasteiger charge is -2.38. The quantitative estimate of drug-likeness (QED) is 0.696. The number of piperidine rings is 1. The van der Waals surface area contributed by atoms with Crippen LogP contribution in [0.25, 0.3) is 0 Å². The summed E-state index contributed by atoms with van der Waals surface area (Å²) in [6, 6.07) is 0.0325. The summed E-state index contributed by atoms with van der Waals surface area (Å²) in [5, 5.41) is 0. The second kappa shape index (κ2) is 6.73. The van der Waals surface area contributed by atoms with Crippen molar-refractivity contribution >= 4 is 11.9 Å². The number of carbonyl (C=O) groups is 2. The average Bonchev–Trinajstić information content (AvgIpc) is 2.25. The van der Waals surface area contributed by atoms with E-state index in [4.69, 9.17) is 4.74 Å². The first-order valence-corrected chi connectivity index (χ1v) is 6.47. The van der Waals surface area contributed by atoms with Crippen LogP contribution >= 0.6 is 0 Å². The highest BCUT2D eigenvalue weighted by molar-refractivity contribution is 5.78. The first-order chi connectivity index (χ1) is 8.40. The maximum Gasteiger partial charge on any atom is 0.302 e. The Hall–Kier alpha value is -1.10. The molecule has 0 aromatic carbocycles. The molecule has 2 unspecified atom stereocenters. The third-order valence-electron chi connectivity index (χ3n) is 3.23. The molecule has 1 fully saturated rings. The zero-order chi connectivity index (χ0) is 13.7. The van der Waals surface area contributed by atoms with Crippen molar-refractivity contribution in [3.05, 3.63) is 0 Å². The molecule has 0 radical (unpaired) electrons. The SMILES string of the molecule is CC(=O)OCC1CC(C)CCN1C(=O)CN(C)C. The van der Waals surface area contributed by atoms with Crippen molar-refractivity contribution < 1.29 is 14.3 Å². The molecule has 1 heterocycles. The van der Waals surface area contributed by atoms with Crippen molar-refractivity contribution in [3.63, 3.8) is 0 Å². The van der Waals surface area contributed by atoms with Crippen LogP contribution in [0.1, 0.15) is 26.7 Å². The van der Waals surface area contributed by atoms with Gasteiger partial charge in [-0.15, -0.1) is 0 Å². The summed E-state index contributed by atoms with van der Waals surface area (Å²) in [5.41, 5.74) is 0. The lowest BCUT2D eigenvalue weighted by molar-refractivity contribution is -0.148. The molecule has 0 aromatic rings. The van der Waals surface area contributed by atoms with Crippen LogP contribution in [0.15, 0.2) is 0 Å². The normalized spacial score (nSPS) is 24.2. The number of hydrogen-bond acceptors (Lipinski definition) is 4. The minimum Gasteiger partial charge on any atom is -0.464 e. The summed E-state index contributed by atoms with van der Waals surface area (Å²) in [6.45, 7) is 5.07. The summed E-state index contributed by atoms with van der Waals surface area (Å²) < 4.78 is 5.07. The van der Waals surface area contributed by atoms with E-state index in [-0.39, 0.29) is 17.9 Å². The van der Waals surface area contributed by atoms with Gasteiger partial charge in [0.2, 0.25) is 5.91 Å². The second-order valence-electron chi connectivity index (χ2n) is 5.41. The Bertz CT molecular complexity index is 305. The number of nitrogens with zero attached hydrogens (tertiary/aromatic N) is 2. The van der Waals surface area contributed by atoms with Crippen LogP contribution in [-0.4, -0.2) is 61.5 Å². The van der Waals surface area contributed by atoms with E-state index in [9.17, 15) is 9.59 Å². The number of rotatable bonds is 4. The van der Waals surface area contributed by atoms with Gasteiger partial charge in [0, 0.05) is 13.5 Å². The molecular weight excluding hydrogens is 232 g/mol. The third kappa shape index (κ3) is 4.64. The van der Waals surface area contributed by atoms with Crippen molar-refractivity contribution in [2.75, 3.05) is 33.8 Å². The monoisotopic (exact) mass is 256 g/mol. The third-order valence-corrected chi connectivity index (χ3v) is 3.23. The molecule has 1 aliphatic rings. The Kier molecular flexibility index (Phi) is 5.59. The number of carbonyl (C=O) groups excluding carboxylic acids is 2. The summed E-state index contributed by atoms with van der Waals surface area (Å²) in [4.78, 5) is 26.7. The number of likely N-dealkylation sites (tertiary alicyclic amines) is 1. The maximum atomic E-state index is 12.1. The van der Waals surface area contributed by atoms with Crippen molar-refractivity contribution in [2.24, 2.45) is 5.92 Å². The van der Waals surface area contributed by atoms with Gasteiger partial charge in [-0.2, -0.15) is 0 Å². The number of hydrogen-bond donors (Lipinski definition) is 0. The van der Waals surface area contributed by atoms with E-state index in [1.54, 1.807) is 0 Å². The van der Waals surface area contributed by atoms with Crippen LogP contribution in [0, 0.1) is 5.92 Å². The van der Waals surface area contributed by atoms with E-state index in [1.807, 2.05) is 23.9 Å². The van der Waals surface area contributed by atoms with Gasteiger partial charge >= 0.3 is 5.97 Å². The predicted octanol–water partition coefficient (Wildman–Crippen LogP) is 0.738. The number of likely N-dealkylation sites (N-methyl/N-ethyl adjacent to an activating group) is 1. The minimum absolute atomic E-state index is 0.0325. The molecule has 0 N–H and O–H groups in total. The summed E-state index contributed by atoms with van der Waals surface area (Å²) >= 11 is 0. The van der Waals surface area contributed by atoms with Crippen molar-refractivity contribution in [2.45, 2.75) is 32.7 Å². The van der Waals surface area contributed by atoms with E-state index < -0.39 is 0 Å². The first-order valence-electron chi connectivity index (χ1n) is 6.47. The molecule has 18 heavy (non-hydrogen) atoms. The zero-order valence-corrected chi connectivity index (χ0v) is 11.8. The molecule has 5 nitrogen and oxygen atoms in total. The molecule has 1 amide bonds. The van der Waals surface area contributed by atoms with Gasteiger partial charge < -0.3 is 14.5 Å². The summed E-state index contributed by atoms with van der Waals surface area (Å²) in [5.74, 6) is 0.409. The molecule has 1 aliphatic heterocycles. The van der Waals surface area contributed by atoms with Crippen LogP contribution in [0.4, 0.5) is 0 Å². The van der Waals surface area contributed by atoms with Gasteiger partial charge in [-0.05, 0) is 32.9 Å². The highest BCUT2D eigenvalue weighted by atomic mass is 16.5. The van der Waals surface area contributed by atoms with Gasteiger partial charge in [0.1, 0.15) is 6.61 Å². The van der Waals surface area contributed by atoms with E-state index >= 15 is 0 Å². The number of amides is 1. The molecule has 0 saturated carbocycles. The zero-order valence-electron chi connectivity index (χ0n) is 11.8.